The number of hydrogen-bond donors (Lipinski definition) is 1. The van der Waals surface area contributed by atoms with Gasteiger partial charge in [0.05, 0.1) is 6.61 Å². The van der Waals surface area contributed by atoms with Crippen molar-refractivity contribution in [3.63, 3.8) is 0 Å². The summed E-state index contributed by atoms with van der Waals surface area (Å²) in [4.78, 5) is 14.4. The van der Waals surface area contributed by atoms with E-state index in [2.05, 4.69) is 31.1 Å². The Morgan fingerprint density at radius 1 is 1.37 bits per heavy atom. The predicted octanol–water partition coefficient (Wildman–Crippen LogP) is 2.43. The van der Waals surface area contributed by atoms with Crippen molar-refractivity contribution in [3.05, 3.63) is 0 Å². The molecule has 2 unspecified atom stereocenters. The number of esters is 1. The first-order valence-electron chi connectivity index (χ1n) is 7.53. The molecule has 0 amide bonds. The Kier molecular flexibility index (Phi) is 9.02. The Morgan fingerprint density at radius 2 is 2.00 bits per heavy atom. The van der Waals surface area contributed by atoms with Crippen LogP contribution >= 0.6 is 0 Å². The van der Waals surface area contributed by atoms with Gasteiger partial charge in [0.15, 0.2) is 0 Å². The minimum Gasteiger partial charge on any atom is -0.465 e. The Bertz CT molecular complexity index is 259. The fourth-order valence-corrected chi connectivity index (χ4v) is 2.28. The van der Waals surface area contributed by atoms with E-state index in [0.29, 0.717) is 12.6 Å². The van der Waals surface area contributed by atoms with Crippen LogP contribution in [0.15, 0.2) is 0 Å². The quantitative estimate of drug-likeness (QED) is 0.620. The molecule has 19 heavy (non-hydrogen) atoms. The molecule has 4 nitrogen and oxygen atoms in total. The summed E-state index contributed by atoms with van der Waals surface area (Å²) in [7, 11) is 2.12. The van der Waals surface area contributed by atoms with E-state index in [1.54, 1.807) is 0 Å². The maximum Gasteiger partial charge on any atom is 0.326 e. The monoisotopic (exact) mass is 272 g/mol. The van der Waals surface area contributed by atoms with Gasteiger partial charge in [-0.3, -0.25) is 4.79 Å². The van der Waals surface area contributed by atoms with E-state index in [1.807, 2.05) is 20.8 Å². The van der Waals surface area contributed by atoms with E-state index in [1.165, 1.54) is 12.8 Å². The molecule has 0 aliphatic carbocycles. The molecule has 0 aromatic heterocycles. The highest BCUT2D eigenvalue weighted by Crippen LogP contribution is 2.18. The minimum absolute atomic E-state index is 0.146. The number of unbranched alkanes of at least 4 members (excludes halogenated alkanes) is 1. The smallest absolute Gasteiger partial charge is 0.326 e. The Hall–Kier alpha value is -0.610. The second kappa shape index (κ2) is 9.32. The fraction of sp³-hybridized carbons (Fsp3) is 0.933. The van der Waals surface area contributed by atoms with Crippen molar-refractivity contribution in [2.24, 2.45) is 0 Å². The van der Waals surface area contributed by atoms with Crippen LogP contribution in [0.3, 0.4) is 0 Å². The number of carbonyl (C=O) groups excluding carboxylic acids is 1. The molecule has 0 aromatic carbocycles. The number of likely N-dealkylation sites (N-methyl/N-ethyl adjacent to an activating group) is 1. The summed E-state index contributed by atoms with van der Waals surface area (Å²) in [5, 5.41) is 3.28. The summed E-state index contributed by atoms with van der Waals surface area (Å²) in [6.07, 6.45) is 3.15. The van der Waals surface area contributed by atoms with Crippen LogP contribution in [0.25, 0.3) is 0 Å². The first-order chi connectivity index (χ1) is 8.91. The highest BCUT2D eigenvalue weighted by Gasteiger charge is 2.36. The molecule has 0 aromatic rings. The number of ether oxygens (including phenoxy) is 1. The van der Waals surface area contributed by atoms with Gasteiger partial charge in [-0.15, -0.1) is 0 Å². The van der Waals surface area contributed by atoms with Crippen molar-refractivity contribution in [3.8, 4) is 0 Å². The minimum atomic E-state index is -0.593. The molecule has 0 saturated carbocycles. The Balaban J connectivity index is 4.59. The molecule has 0 aliphatic rings. The van der Waals surface area contributed by atoms with Crippen LogP contribution < -0.4 is 5.32 Å². The number of nitrogens with zero attached hydrogens (tertiary/aromatic N) is 1. The van der Waals surface area contributed by atoms with Gasteiger partial charge in [0.25, 0.3) is 0 Å². The zero-order valence-corrected chi connectivity index (χ0v) is 13.6. The van der Waals surface area contributed by atoms with Crippen molar-refractivity contribution in [2.75, 3.05) is 26.7 Å². The number of nitrogens with one attached hydrogen (secondary N) is 1. The third-order valence-corrected chi connectivity index (χ3v) is 3.61. The van der Waals surface area contributed by atoms with E-state index in [4.69, 9.17) is 4.74 Å². The highest BCUT2D eigenvalue weighted by molar-refractivity contribution is 5.80. The fourth-order valence-electron chi connectivity index (χ4n) is 2.28. The largest absolute Gasteiger partial charge is 0.465 e. The summed E-state index contributed by atoms with van der Waals surface area (Å²) >= 11 is 0. The van der Waals surface area contributed by atoms with E-state index < -0.39 is 5.54 Å². The normalized spacial score (nSPS) is 16.2. The van der Waals surface area contributed by atoms with Gasteiger partial charge in [-0.05, 0) is 53.8 Å². The van der Waals surface area contributed by atoms with Crippen LogP contribution in [0.4, 0.5) is 0 Å². The van der Waals surface area contributed by atoms with Crippen LogP contribution in [0.1, 0.15) is 53.9 Å². The van der Waals surface area contributed by atoms with Crippen molar-refractivity contribution in [2.45, 2.75) is 65.5 Å². The lowest BCUT2D eigenvalue weighted by atomic mass is 9.92. The van der Waals surface area contributed by atoms with Gasteiger partial charge in [-0.25, -0.2) is 0 Å². The van der Waals surface area contributed by atoms with E-state index in [-0.39, 0.29) is 5.97 Å². The van der Waals surface area contributed by atoms with E-state index >= 15 is 0 Å². The highest BCUT2D eigenvalue weighted by atomic mass is 16.5. The Morgan fingerprint density at radius 3 is 2.47 bits per heavy atom. The molecular weight excluding hydrogens is 240 g/mol. The van der Waals surface area contributed by atoms with Gasteiger partial charge in [-0.1, -0.05) is 20.3 Å². The third-order valence-electron chi connectivity index (χ3n) is 3.61. The van der Waals surface area contributed by atoms with Crippen molar-refractivity contribution < 1.29 is 9.53 Å². The molecule has 4 heteroatoms. The van der Waals surface area contributed by atoms with Gasteiger partial charge in [-0.2, -0.15) is 0 Å². The lowest BCUT2D eigenvalue weighted by Gasteiger charge is -2.34. The van der Waals surface area contributed by atoms with Crippen molar-refractivity contribution >= 4 is 5.97 Å². The van der Waals surface area contributed by atoms with Crippen LogP contribution in [-0.4, -0.2) is 49.2 Å². The van der Waals surface area contributed by atoms with Gasteiger partial charge < -0.3 is 15.0 Å². The summed E-state index contributed by atoms with van der Waals surface area (Å²) in [5.41, 5.74) is -0.593. The molecule has 0 aliphatic heterocycles. The molecule has 114 valence electrons. The average molecular weight is 272 g/mol. The molecule has 0 heterocycles. The SMILES string of the molecule is CCCCN(C)C(C)CC(C)(NCC)C(=O)OCC. The second-order valence-electron chi connectivity index (χ2n) is 5.47. The van der Waals surface area contributed by atoms with Crippen LogP contribution in [0.2, 0.25) is 0 Å². The summed E-state index contributed by atoms with van der Waals surface area (Å²) in [5.74, 6) is -0.146. The summed E-state index contributed by atoms with van der Waals surface area (Å²) < 4.78 is 5.20. The van der Waals surface area contributed by atoms with Gasteiger partial charge in [0.2, 0.25) is 0 Å². The lowest BCUT2D eigenvalue weighted by Crippen LogP contribution is -2.54. The predicted molar refractivity (Wildman–Crippen MR) is 80.3 cm³/mol. The van der Waals surface area contributed by atoms with Gasteiger partial charge >= 0.3 is 5.97 Å². The van der Waals surface area contributed by atoms with Gasteiger partial charge in [0, 0.05) is 6.04 Å². The summed E-state index contributed by atoms with van der Waals surface area (Å²) in [6.45, 7) is 12.4. The molecule has 0 bridgehead atoms. The van der Waals surface area contributed by atoms with Crippen LogP contribution in [0, 0.1) is 0 Å². The molecule has 2 atom stereocenters. The average Bonchev–Trinajstić information content (AvgIpc) is 2.36. The Labute approximate surface area is 118 Å². The number of hydrogen-bond acceptors (Lipinski definition) is 4. The first-order valence-corrected chi connectivity index (χ1v) is 7.53. The van der Waals surface area contributed by atoms with Crippen molar-refractivity contribution in [1.82, 2.24) is 10.2 Å². The topological polar surface area (TPSA) is 41.6 Å². The summed E-state index contributed by atoms with van der Waals surface area (Å²) in [6, 6.07) is 0.347. The van der Waals surface area contributed by atoms with Crippen molar-refractivity contribution in [1.29, 1.82) is 0 Å². The molecule has 0 rings (SSSR count). The standard InChI is InChI=1S/C15H32N2O2/c1-7-10-11-17(6)13(4)12-15(5,16-8-2)14(18)19-9-3/h13,16H,7-12H2,1-6H3. The maximum absolute atomic E-state index is 12.1. The molecule has 0 fully saturated rings. The molecule has 0 spiro atoms. The molecule has 1 N–H and O–H groups in total. The lowest BCUT2D eigenvalue weighted by molar-refractivity contribution is -0.151. The molecule has 0 saturated heterocycles. The molecular formula is C15H32N2O2. The number of carbonyl (C=O) groups is 1. The number of rotatable bonds is 10. The van der Waals surface area contributed by atoms with E-state index in [9.17, 15) is 4.79 Å². The zero-order chi connectivity index (χ0) is 14.9. The van der Waals surface area contributed by atoms with Gasteiger partial charge in [0.1, 0.15) is 5.54 Å². The van der Waals surface area contributed by atoms with Crippen LogP contribution in [-0.2, 0) is 9.53 Å². The zero-order valence-electron chi connectivity index (χ0n) is 13.6. The first kappa shape index (κ1) is 18.4. The van der Waals surface area contributed by atoms with Crippen LogP contribution in [0.5, 0.6) is 0 Å². The molecule has 0 radical (unpaired) electrons. The second-order valence-corrected chi connectivity index (χ2v) is 5.47. The maximum atomic E-state index is 12.1. The third kappa shape index (κ3) is 6.39. The van der Waals surface area contributed by atoms with E-state index in [0.717, 1.165) is 19.5 Å².